The van der Waals surface area contributed by atoms with Gasteiger partial charge >= 0.3 is 0 Å². The van der Waals surface area contributed by atoms with Crippen molar-refractivity contribution < 1.29 is 0 Å². The van der Waals surface area contributed by atoms with Gasteiger partial charge in [0.1, 0.15) is 0 Å². The third-order valence-corrected chi connectivity index (χ3v) is 4.89. The number of rotatable bonds is 2. The van der Waals surface area contributed by atoms with Crippen molar-refractivity contribution in [1.29, 1.82) is 0 Å². The predicted octanol–water partition coefficient (Wildman–Crippen LogP) is 3.22. The molecule has 2 atom stereocenters. The first-order valence-corrected chi connectivity index (χ1v) is 7.33. The third kappa shape index (κ3) is 3.01. The summed E-state index contributed by atoms with van der Waals surface area (Å²) in [7, 11) is 0. The molecule has 0 bridgehead atoms. The van der Waals surface area contributed by atoms with E-state index in [1.807, 2.05) is 0 Å². The average molecular weight is 225 g/mol. The lowest BCUT2D eigenvalue weighted by atomic mass is 9.81. The van der Waals surface area contributed by atoms with Gasteiger partial charge in [-0.15, -0.1) is 0 Å². The summed E-state index contributed by atoms with van der Waals surface area (Å²) in [6.45, 7) is 4.84. The molecule has 1 aliphatic heterocycles. The lowest BCUT2D eigenvalue weighted by Crippen LogP contribution is -2.50. The summed E-state index contributed by atoms with van der Waals surface area (Å²) in [5.74, 6) is 2.64. The van der Waals surface area contributed by atoms with Gasteiger partial charge in [0.15, 0.2) is 0 Å². The van der Waals surface area contributed by atoms with Crippen molar-refractivity contribution in [2.24, 2.45) is 5.41 Å². The zero-order valence-electron chi connectivity index (χ0n) is 9.96. The van der Waals surface area contributed by atoms with E-state index in [9.17, 15) is 0 Å². The van der Waals surface area contributed by atoms with E-state index in [-0.39, 0.29) is 0 Å². The van der Waals surface area contributed by atoms with E-state index < -0.39 is 0 Å². The van der Waals surface area contributed by atoms with E-state index in [0.717, 1.165) is 6.04 Å². The van der Waals surface area contributed by atoms with Crippen LogP contribution < -0.4 is 5.32 Å². The molecular formula is C13H23NS. The van der Waals surface area contributed by atoms with Gasteiger partial charge in [0, 0.05) is 17.8 Å². The van der Waals surface area contributed by atoms with Crippen LogP contribution in [0.3, 0.4) is 0 Å². The maximum atomic E-state index is 3.88. The molecule has 1 heterocycles. The molecule has 0 saturated carbocycles. The van der Waals surface area contributed by atoms with Crippen LogP contribution in [0.25, 0.3) is 0 Å². The molecule has 1 fully saturated rings. The van der Waals surface area contributed by atoms with Crippen LogP contribution in [0.4, 0.5) is 0 Å². The van der Waals surface area contributed by atoms with Crippen LogP contribution in [-0.4, -0.2) is 23.6 Å². The highest BCUT2D eigenvalue weighted by atomic mass is 32.2. The molecule has 2 rings (SSSR count). The van der Waals surface area contributed by atoms with E-state index in [1.165, 1.54) is 37.2 Å². The molecule has 0 aromatic carbocycles. The molecule has 0 amide bonds. The molecule has 1 aliphatic carbocycles. The Morgan fingerprint density at radius 2 is 2.20 bits per heavy atom. The van der Waals surface area contributed by atoms with Crippen LogP contribution in [0.2, 0.25) is 0 Å². The molecule has 2 unspecified atom stereocenters. The van der Waals surface area contributed by atoms with Gasteiger partial charge in [0.2, 0.25) is 0 Å². The lowest BCUT2D eigenvalue weighted by Gasteiger charge is -2.41. The Morgan fingerprint density at radius 3 is 2.87 bits per heavy atom. The Balaban J connectivity index is 1.89. The van der Waals surface area contributed by atoms with Crippen LogP contribution in [-0.2, 0) is 0 Å². The first kappa shape index (κ1) is 11.5. The summed E-state index contributed by atoms with van der Waals surface area (Å²) < 4.78 is 0. The smallest absolute Gasteiger partial charge is 0.0212 e. The van der Waals surface area contributed by atoms with Crippen molar-refractivity contribution in [2.75, 3.05) is 11.5 Å². The van der Waals surface area contributed by atoms with Gasteiger partial charge in [-0.1, -0.05) is 26.0 Å². The molecular weight excluding hydrogens is 202 g/mol. The molecule has 0 radical (unpaired) electrons. The summed E-state index contributed by atoms with van der Waals surface area (Å²) in [6, 6.07) is 1.45. The van der Waals surface area contributed by atoms with Crippen molar-refractivity contribution in [3.8, 4) is 0 Å². The molecule has 1 saturated heterocycles. The van der Waals surface area contributed by atoms with E-state index >= 15 is 0 Å². The highest BCUT2D eigenvalue weighted by molar-refractivity contribution is 7.99. The summed E-state index contributed by atoms with van der Waals surface area (Å²) in [4.78, 5) is 0. The van der Waals surface area contributed by atoms with E-state index in [0.29, 0.717) is 11.5 Å². The molecule has 0 aromatic heterocycles. The molecule has 1 N–H and O–H groups in total. The first-order valence-electron chi connectivity index (χ1n) is 6.17. The van der Waals surface area contributed by atoms with Gasteiger partial charge < -0.3 is 5.32 Å². The monoisotopic (exact) mass is 225 g/mol. The van der Waals surface area contributed by atoms with Crippen molar-refractivity contribution in [2.45, 2.75) is 51.6 Å². The highest BCUT2D eigenvalue weighted by Gasteiger charge is 2.33. The minimum absolute atomic E-state index is 0.492. The minimum Gasteiger partial charge on any atom is -0.310 e. The second-order valence-corrected chi connectivity index (χ2v) is 6.66. The van der Waals surface area contributed by atoms with Crippen LogP contribution >= 0.6 is 11.8 Å². The highest BCUT2D eigenvalue weighted by Crippen LogP contribution is 2.34. The summed E-state index contributed by atoms with van der Waals surface area (Å²) in [5.41, 5.74) is 0.492. The zero-order valence-corrected chi connectivity index (χ0v) is 10.8. The number of hydrogen-bond acceptors (Lipinski definition) is 2. The van der Waals surface area contributed by atoms with Crippen molar-refractivity contribution in [3.63, 3.8) is 0 Å². The van der Waals surface area contributed by atoms with Crippen LogP contribution in [0.15, 0.2) is 12.2 Å². The molecule has 0 spiro atoms. The minimum atomic E-state index is 0.492. The van der Waals surface area contributed by atoms with Gasteiger partial charge in [0.05, 0.1) is 0 Å². The maximum absolute atomic E-state index is 3.88. The summed E-state index contributed by atoms with van der Waals surface area (Å²) in [5, 5.41) is 3.88. The quantitative estimate of drug-likeness (QED) is 0.724. The molecule has 15 heavy (non-hydrogen) atoms. The number of nitrogens with one attached hydrogen (secondary N) is 1. The normalized spacial score (nSPS) is 35.3. The Labute approximate surface area is 98.1 Å². The fourth-order valence-electron chi connectivity index (χ4n) is 2.44. The Morgan fingerprint density at radius 1 is 1.33 bits per heavy atom. The molecule has 1 nitrogen and oxygen atoms in total. The molecule has 86 valence electrons. The third-order valence-electron chi connectivity index (χ3n) is 3.82. The second-order valence-electron chi connectivity index (χ2n) is 5.51. The van der Waals surface area contributed by atoms with Gasteiger partial charge in [-0.25, -0.2) is 0 Å². The van der Waals surface area contributed by atoms with Gasteiger partial charge in [-0.2, -0.15) is 11.8 Å². The fourth-order valence-corrected chi connectivity index (χ4v) is 4.06. The van der Waals surface area contributed by atoms with E-state index in [4.69, 9.17) is 0 Å². The Hall–Kier alpha value is 0.0500. The van der Waals surface area contributed by atoms with Crippen molar-refractivity contribution in [3.05, 3.63) is 12.2 Å². The maximum Gasteiger partial charge on any atom is 0.0212 e. The fraction of sp³-hybridized carbons (Fsp3) is 0.846. The van der Waals surface area contributed by atoms with Gasteiger partial charge in [-0.3, -0.25) is 0 Å². The number of hydrogen-bond donors (Lipinski definition) is 1. The van der Waals surface area contributed by atoms with Crippen molar-refractivity contribution >= 4 is 11.8 Å². The molecule has 2 aliphatic rings. The first-order chi connectivity index (χ1) is 7.18. The summed E-state index contributed by atoms with van der Waals surface area (Å²) >= 11 is 2.11. The Kier molecular flexibility index (Phi) is 3.78. The van der Waals surface area contributed by atoms with Gasteiger partial charge in [-0.05, 0) is 36.9 Å². The second kappa shape index (κ2) is 4.92. The van der Waals surface area contributed by atoms with Crippen LogP contribution in [0, 0.1) is 5.41 Å². The van der Waals surface area contributed by atoms with Crippen molar-refractivity contribution in [1.82, 2.24) is 5.32 Å². The molecule has 2 heteroatoms. The predicted molar refractivity (Wildman–Crippen MR) is 69.4 cm³/mol. The van der Waals surface area contributed by atoms with Gasteiger partial charge in [0.25, 0.3) is 0 Å². The standard InChI is InChI=1S/C13H23NS/c1-13(2)8-9-15-10-12(13)14-11-6-4-3-5-7-11/h3-4,11-12,14H,5-10H2,1-2H3. The average Bonchev–Trinajstić information content (AvgIpc) is 2.23. The van der Waals surface area contributed by atoms with E-state index in [1.54, 1.807) is 0 Å². The Bertz CT molecular complexity index is 235. The topological polar surface area (TPSA) is 12.0 Å². The lowest BCUT2D eigenvalue weighted by molar-refractivity contribution is 0.223. The largest absolute Gasteiger partial charge is 0.310 e. The van der Waals surface area contributed by atoms with Crippen LogP contribution in [0.5, 0.6) is 0 Å². The SMILES string of the molecule is CC1(C)CCSCC1NC1CC=CCC1. The number of allylic oxidation sites excluding steroid dienone is 1. The zero-order chi connectivity index (χ0) is 10.7. The van der Waals surface area contributed by atoms with E-state index in [2.05, 4.69) is 43.1 Å². The number of thioether (sulfide) groups is 1. The van der Waals surface area contributed by atoms with Crippen LogP contribution in [0.1, 0.15) is 39.5 Å². The molecule has 0 aromatic rings. The summed E-state index contributed by atoms with van der Waals surface area (Å²) in [6.07, 6.45) is 9.84.